The lowest BCUT2D eigenvalue weighted by molar-refractivity contribution is 0.130. The van der Waals surface area contributed by atoms with Crippen molar-refractivity contribution in [2.24, 2.45) is 0 Å². The molecule has 0 amide bonds. The first-order valence-corrected chi connectivity index (χ1v) is 3.54. The molecule has 54 valence electrons. The third-order valence-corrected chi connectivity index (χ3v) is 1.91. The molecule has 0 bridgehead atoms. The third-order valence-electron chi connectivity index (χ3n) is 1.91. The van der Waals surface area contributed by atoms with Crippen molar-refractivity contribution in [3.8, 4) is 0 Å². The zero-order valence-electron chi connectivity index (χ0n) is 5.70. The standard InChI is InChI=1S/C7H10N2O/c10-6-1-2-7-8-3-4-9(7)5-6/h3-4,6,10H,1-2,5H2. The normalized spacial score (nSPS) is 24.3. The Morgan fingerprint density at radius 3 is 3.50 bits per heavy atom. The van der Waals surface area contributed by atoms with Gasteiger partial charge in [-0.1, -0.05) is 0 Å². The molecule has 1 aliphatic rings. The topological polar surface area (TPSA) is 38.1 Å². The van der Waals surface area contributed by atoms with Gasteiger partial charge in [-0.3, -0.25) is 0 Å². The zero-order valence-corrected chi connectivity index (χ0v) is 5.70. The second-order valence-electron chi connectivity index (χ2n) is 2.69. The first-order chi connectivity index (χ1) is 4.86. The molecule has 1 atom stereocenters. The van der Waals surface area contributed by atoms with Gasteiger partial charge in [0.25, 0.3) is 0 Å². The molecule has 0 spiro atoms. The molecule has 1 aliphatic heterocycles. The quantitative estimate of drug-likeness (QED) is 0.555. The summed E-state index contributed by atoms with van der Waals surface area (Å²) in [6.45, 7) is 0.718. The van der Waals surface area contributed by atoms with E-state index < -0.39 is 0 Å². The average molecular weight is 138 g/mol. The van der Waals surface area contributed by atoms with E-state index in [1.807, 2.05) is 10.8 Å². The van der Waals surface area contributed by atoms with Gasteiger partial charge in [-0.2, -0.15) is 0 Å². The Morgan fingerprint density at radius 2 is 2.60 bits per heavy atom. The van der Waals surface area contributed by atoms with E-state index in [-0.39, 0.29) is 6.10 Å². The minimum absolute atomic E-state index is 0.165. The molecule has 3 nitrogen and oxygen atoms in total. The van der Waals surface area contributed by atoms with Crippen molar-refractivity contribution in [3.05, 3.63) is 18.2 Å². The Kier molecular flexibility index (Phi) is 1.24. The van der Waals surface area contributed by atoms with Crippen LogP contribution in [0.5, 0.6) is 0 Å². The van der Waals surface area contributed by atoms with Crippen LogP contribution in [0, 0.1) is 0 Å². The number of hydrogen-bond acceptors (Lipinski definition) is 2. The van der Waals surface area contributed by atoms with E-state index >= 15 is 0 Å². The van der Waals surface area contributed by atoms with Gasteiger partial charge < -0.3 is 9.67 Å². The second kappa shape index (κ2) is 2.09. The molecule has 0 aliphatic carbocycles. The summed E-state index contributed by atoms with van der Waals surface area (Å²) < 4.78 is 2.01. The lowest BCUT2D eigenvalue weighted by Gasteiger charge is -2.18. The van der Waals surface area contributed by atoms with Gasteiger partial charge in [0.15, 0.2) is 0 Å². The molecule has 0 saturated heterocycles. The summed E-state index contributed by atoms with van der Waals surface area (Å²) in [6.07, 6.45) is 5.30. The number of fused-ring (bicyclic) bond motifs is 1. The van der Waals surface area contributed by atoms with Gasteiger partial charge in [0.1, 0.15) is 5.82 Å². The zero-order chi connectivity index (χ0) is 6.97. The maximum absolute atomic E-state index is 9.23. The van der Waals surface area contributed by atoms with E-state index in [0.29, 0.717) is 0 Å². The van der Waals surface area contributed by atoms with E-state index in [2.05, 4.69) is 4.98 Å². The number of nitrogens with zero attached hydrogens (tertiary/aromatic N) is 2. The molecule has 0 saturated carbocycles. The summed E-state index contributed by atoms with van der Waals surface area (Å²) in [7, 11) is 0. The second-order valence-corrected chi connectivity index (χ2v) is 2.69. The van der Waals surface area contributed by atoms with E-state index in [0.717, 1.165) is 25.2 Å². The number of aliphatic hydroxyl groups is 1. The van der Waals surface area contributed by atoms with Crippen LogP contribution in [0.3, 0.4) is 0 Å². The first kappa shape index (κ1) is 5.92. The van der Waals surface area contributed by atoms with E-state index in [4.69, 9.17) is 0 Å². The molecule has 1 aromatic rings. The van der Waals surface area contributed by atoms with Crippen molar-refractivity contribution in [1.29, 1.82) is 0 Å². The number of hydrogen-bond donors (Lipinski definition) is 1. The van der Waals surface area contributed by atoms with Crippen molar-refractivity contribution in [1.82, 2.24) is 9.55 Å². The fourth-order valence-corrected chi connectivity index (χ4v) is 1.35. The summed E-state index contributed by atoms with van der Waals surface area (Å²) >= 11 is 0. The maximum Gasteiger partial charge on any atom is 0.108 e. The van der Waals surface area contributed by atoms with E-state index in [9.17, 15) is 5.11 Å². The number of aromatic nitrogens is 2. The van der Waals surface area contributed by atoms with Crippen LogP contribution < -0.4 is 0 Å². The van der Waals surface area contributed by atoms with Gasteiger partial charge in [0, 0.05) is 25.4 Å². The number of aliphatic hydroxyl groups excluding tert-OH is 1. The summed E-state index contributed by atoms with van der Waals surface area (Å²) in [5.41, 5.74) is 0. The molecule has 0 radical (unpaired) electrons. The van der Waals surface area contributed by atoms with Crippen molar-refractivity contribution >= 4 is 0 Å². The lowest BCUT2D eigenvalue weighted by atomic mass is 10.1. The number of rotatable bonds is 0. The molecule has 1 N–H and O–H groups in total. The van der Waals surface area contributed by atoms with Gasteiger partial charge in [0.05, 0.1) is 6.10 Å². The molecule has 10 heavy (non-hydrogen) atoms. The van der Waals surface area contributed by atoms with Crippen LogP contribution in [-0.2, 0) is 13.0 Å². The number of aryl methyl sites for hydroxylation is 1. The first-order valence-electron chi connectivity index (χ1n) is 3.54. The van der Waals surface area contributed by atoms with Crippen LogP contribution >= 0.6 is 0 Å². The smallest absolute Gasteiger partial charge is 0.108 e. The fraction of sp³-hybridized carbons (Fsp3) is 0.571. The van der Waals surface area contributed by atoms with Crippen LogP contribution in [0.1, 0.15) is 12.2 Å². The summed E-state index contributed by atoms with van der Waals surface area (Å²) in [4.78, 5) is 4.14. The predicted molar refractivity (Wildman–Crippen MR) is 36.6 cm³/mol. The minimum Gasteiger partial charge on any atom is -0.391 e. The molecule has 2 heterocycles. The summed E-state index contributed by atoms with van der Waals surface area (Å²) in [5.74, 6) is 1.10. The predicted octanol–water partition coefficient (Wildman–Crippen LogP) is 0.190. The lowest BCUT2D eigenvalue weighted by Crippen LogP contribution is -2.23. The van der Waals surface area contributed by atoms with Crippen LogP contribution in [0.4, 0.5) is 0 Å². The summed E-state index contributed by atoms with van der Waals surface area (Å²) in [6, 6.07) is 0. The van der Waals surface area contributed by atoms with Gasteiger partial charge in [-0.15, -0.1) is 0 Å². The highest BCUT2D eigenvalue weighted by Gasteiger charge is 2.15. The molecule has 0 fully saturated rings. The van der Waals surface area contributed by atoms with E-state index in [1.54, 1.807) is 6.20 Å². The number of imidazole rings is 1. The average Bonchev–Trinajstić information content (AvgIpc) is 2.33. The highest BCUT2D eigenvalue weighted by atomic mass is 16.3. The Morgan fingerprint density at radius 1 is 1.70 bits per heavy atom. The Hall–Kier alpha value is -0.830. The van der Waals surface area contributed by atoms with Gasteiger partial charge >= 0.3 is 0 Å². The highest BCUT2D eigenvalue weighted by Crippen LogP contribution is 2.11. The summed E-state index contributed by atoms with van der Waals surface area (Å²) in [5, 5.41) is 9.23. The van der Waals surface area contributed by atoms with E-state index in [1.165, 1.54) is 0 Å². The van der Waals surface area contributed by atoms with Crippen LogP contribution in [0.15, 0.2) is 12.4 Å². The molecular weight excluding hydrogens is 128 g/mol. The monoisotopic (exact) mass is 138 g/mol. The van der Waals surface area contributed by atoms with Gasteiger partial charge in [0.2, 0.25) is 0 Å². The highest BCUT2D eigenvalue weighted by molar-refractivity contribution is 4.96. The van der Waals surface area contributed by atoms with Crippen molar-refractivity contribution in [2.45, 2.75) is 25.5 Å². The van der Waals surface area contributed by atoms with Gasteiger partial charge in [-0.25, -0.2) is 4.98 Å². The minimum atomic E-state index is -0.165. The van der Waals surface area contributed by atoms with Crippen LogP contribution in [0.2, 0.25) is 0 Å². The largest absolute Gasteiger partial charge is 0.391 e. The van der Waals surface area contributed by atoms with Crippen molar-refractivity contribution in [3.63, 3.8) is 0 Å². The SMILES string of the molecule is OC1CCc2nccn2C1. The Labute approximate surface area is 59.3 Å². The van der Waals surface area contributed by atoms with Crippen molar-refractivity contribution < 1.29 is 5.11 Å². The molecule has 2 rings (SSSR count). The molecule has 3 heteroatoms. The maximum atomic E-state index is 9.23. The molecule has 1 unspecified atom stereocenters. The molecule has 0 aromatic carbocycles. The van der Waals surface area contributed by atoms with Gasteiger partial charge in [-0.05, 0) is 6.42 Å². The fourth-order valence-electron chi connectivity index (χ4n) is 1.35. The Balaban J connectivity index is 2.30. The van der Waals surface area contributed by atoms with Crippen molar-refractivity contribution in [2.75, 3.05) is 0 Å². The van der Waals surface area contributed by atoms with Crippen LogP contribution in [0.25, 0.3) is 0 Å². The molecule has 1 aromatic heterocycles. The third kappa shape index (κ3) is 0.827. The van der Waals surface area contributed by atoms with Crippen LogP contribution in [-0.4, -0.2) is 20.8 Å². The Bertz CT molecular complexity index is 231. The molecular formula is C7H10N2O.